The van der Waals surface area contributed by atoms with Crippen LogP contribution in [-0.2, 0) is 0 Å². The van der Waals surface area contributed by atoms with Gasteiger partial charge in [0.05, 0.1) is 26.8 Å². The molecule has 0 amide bonds. The number of alkyl halides is 1. The van der Waals surface area contributed by atoms with Crippen LogP contribution in [0.15, 0.2) is 24.3 Å². The van der Waals surface area contributed by atoms with E-state index in [2.05, 4.69) is 15.3 Å². The average molecular weight is 402 g/mol. The van der Waals surface area contributed by atoms with Gasteiger partial charge in [-0.2, -0.15) is 0 Å². The van der Waals surface area contributed by atoms with E-state index >= 15 is 0 Å². The van der Waals surface area contributed by atoms with Gasteiger partial charge in [-0.15, -0.1) is 0 Å². The van der Waals surface area contributed by atoms with Gasteiger partial charge in [0.1, 0.15) is 30.4 Å². The number of aromatic nitrogens is 2. The van der Waals surface area contributed by atoms with Crippen LogP contribution in [0.25, 0.3) is 11.0 Å². The third kappa shape index (κ3) is 3.66. The number of ether oxygens (including phenoxy) is 1. The van der Waals surface area contributed by atoms with Crippen LogP contribution in [0.1, 0.15) is 10.4 Å². The van der Waals surface area contributed by atoms with Crippen molar-refractivity contribution in [3.8, 4) is 5.75 Å². The predicted octanol–water partition coefficient (Wildman–Crippen LogP) is 4.80. The summed E-state index contributed by atoms with van der Waals surface area (Å²) in [5.74, 6) is -1.61. The van der Waals surface area contributed by atoms with E-state index in [0.29, 0.717) is 11.0 Å². The summed E-state index contributed by atoms with van der Waals surface area (Å²) in [5, 5.41) is 12.2. The van der Waals surface area contributed by atoms with Crippen molar-refractivity contribution in [2.45, 2.75) is 0 Å². The first kappa shape index (κ1) is 18.2. The zero-order valence-electron chi connectivity index (χ0n) is 12.9. The smallest absolute Gasteiger partial charge is 0.339 e. The number of rotatable bonds is 6. The molecule has 136 valence electrons. The molecule has 10 heteroatoms. The van der Waals surface area contributed by atoms with Crippen molar-refractivity contribution in [3.63, 3.8) is 0 Å². The number of nitrogens with one attached hydrogen (secondary N) is 2. The lowest BCUT2D eigenvalue weighted by molar-refractivity contribution is 0.0692. The molecule has 0 saturated carbocycles. The van der Waals surface area contributed by atoms with Crippen molar-refractivity contribution in [1.29, 1.82) is 0 Å². The first-order valence-corrected chi connectivity index (χ1v) is 8.02. The molecule has 0 fully saturated rings. The number of anilines is 2. The summed E-state index contributed by atoms with van der Waals surface area (Å²) in [7, 11) is 0. The molecule has 0 bridgehead atoms. The molecule has 0 spiro atoms. The molecular formula is C16H11Cl2F2N3O3. The van der Waals surface area contributed by atoms with Crippen molar-refractivity contribution >= 4 is 51.8 Å². The molecule has 0 aliphatic carbocycles. The van der Waals surface area contributed by atoms with E-state index < -0.39 is 18.5 Å². The molecule has 1 aromatic heterocycles. The minimum absolute atomic E-state index is 0.00990. The van der Waals surface area contributed by atoms with Gasteiger partial charge >= 0.3 is 5.97 Å². The molecule has 0 aliphatic heterocycles. The number of halogens is 4. The van der Waals surface area contributed by atoms with Gasteiger partial charge < -0.3 is 20.1 Å². The van der Waals surface area contributed by atoms with Crippen LogP contribution >= 0.6 is 23.2 Å². The van der Waals surface area contributed by atoms with Crippen LogP contribution in [0, 0.1) is 5.82 Å². The van der Waals surface area contributed by atoms with Crippen molar-refractivity contribution in [3.05, 3.63) is 45.7 Å². The van der Waals surface area contributed by atoms with Crippen molar-refractivity contribution in [2.75, 3.05) is 18.6 Å². The molecule has 0 atom stereocenters. The summed E-state index contributed by atoms with van der Waals surface area (Å²) in [4.78, 5) is 18.5. The topological polar surface area (TPSA) is 87.2 Å². The van der Waals surface area contributed by atoms with E-state index in [9.17, 15) is 18.7 Å². The number of hydrogen-bond acceptors (Lipinski definition) is 4. The quantitative estimate of drug-likeness (QED) is 0.552. The Labute approximate surface area is 155 Å². The second kappa shape index (κ2) is 7.35. The zero-order chi connectivity index (χ0) is 18.8. The van der Waals surface area contributed by atoms with Crippen LogP contribution in [0.2, 0.25) is 10.0 Å². The van der Waals surface area contributed by atoms with Crippen LogP contribution in [0.5, 0.6) is 5.75 Å². The van der Waals surface area contributed by atoms with Gasteiger partial charge in [-0.1, -0.05) is 23.2 Å². The monoisotopic (exact) mass is 401 g/mol. The minimum Gasteiger partial charge on any atom is -0.490 e. The van der Waals surface area contributed by atoms with Crippen LogP contribution in [0.4, 0.5) is 20.4 Å². The molecule has 0 unspecified atom stereocenters. The third-order valence-corrected chi connectivity index (χ3v) is 3.99. The fraction of sp³-hybridized carbons (Fsp3) is 0.125. The lowest BCUT2D eigenvalue weighted by Gasteiger charge is -2.07. The van der Waals surface area contributed by atoms with Gasteiger partial charge in [-0.3, -0.25) is 0 Å². The number of nitrogens with zero attached hydrogens (tertiary/aromatic N) is 1. The molecule has 3 rings (SSSR count). The van der Waals surface area contributed by atoms with Gasteiger partial charge in [-0.25, -0.2) is 18.6 Å². The standard InChI is InChI=1S/C16H11Cl2F2N3O3/c17-9-3-7(20)4-10(18)14(9)23-16-21-11-5-8(15(24)25)13(26-2-1-19)6-12(11)22-16/h3-6H,1-2H2,(H,24,25)(H2,21,22,23). The highest BCUT2D eigenvalue weighted by Gasteiger charge is 2.16. The molecule has 1 heterocycles. The Morgan fingerprint density at radius 3 is 2.58 bits per heavy atom. The SMILES string of the molecule is O=C(O)c1cc2nc(Nc3c(Cl)cc(F)cc3Cl)[nH]c2cc1OCCF. The zero-order valence-corrected chi connectivity index (χ0v) is 14.5. The molecule has 2 aromatic carbocycles. The van der Waals surface area contributed by atoms with Crippen LogP contribution in [-0.4, -0.2) is 34.3 Å². The lowest BCUT2D eigenvalue weighted by Crippen LogP contribution is -2.05. The maximum Gasteiger partial charge on any atom is 0.339 e. The van der Waals surface area contributed by atoms with Crippen molar-refractivity contribution in [1.82, 2.24) is 9.97 Å². The molecular weight excluding hydrogens is 391 g/mol. The summed E-state index contributed by atoms with van der Waals surface area (Å²) in [5.41, 5.74) is 0.857. The van der Waals surface area contributed by atoms with E-state index in [4.69, 9.17) is 27.9 Å². The second-order valence-corrected chi connectivity index (χ2v) is 5.98. The minimum atomic E-state index is -1.23. The van der Waals surface area contributed by atoms with E-state index in [-0.39, 0.29) is 39.6 Å². The van der Waals surface area contributed by atoms with E-state index in [1.54, 1.807) is 0 Å². The predicted molar refractivity (Wildman–Crippen MR) is 94.2 cm³/mol. The maximum absolute atomic E-state index is 13.3. The fourth-order valence-corrected chi connectivity index (χ4v) is 2.87. The van der Waals surface area contributed by atoms with Crippen molar-refractivity contribution < 1.29 is 23.4 Å². The molecule has 0 saturated heterocycles. The van der Waals surface area contributed by atoms with Crippen LogP contribution < -0.4 is 10.1 Å². The molecule has 6 nitrogen and oxygen atoms in total. The van der Waals surface area contributed by atoms with Gasteiger partial charge in [0, 0.05) is 6.07 Å². The van der Waals surface area contributed by atoms with Gasteiger partial charge in [0.2, 0.25) is 5.95 Å². The summed E-state index contributed by atoms with van der Waals surface area (Å²) < 4.78 is 30.7. The highest BCUT2D eigenvalue weighted by Crippen LogP contribution is 2.34. The lowest BCUT2D eigenvalue weighted by atomic mass is 10.2. The molecule has 0 radical (unpaired) electrons. The number of benzene rings is 2. The van der Waals surface area contributed by atoms with Gasteiger partial charge in [0.15, 0.2) is 0 Å². The number of hydrogen-bond donors (Lipinski definition) is 3. The number of carboxylic acid groups (broad SMARTS) is 1. The highest BCUT2D eigenvalue weighted by molar-refractivity contribution is 6.39. The third-order valence-electron chi connectivity index (χ3n) is 3.40. The Morgan fingerprint density at radius 1 is 1.27 bits per heavy atom. The highest BCUT2D eigenvalue weighted by atomic mass is 35.5. The number of fused-ring (bicyclic) bond motifs is 1. The maximum atomic E-state index is 13.3. The first-order chi connectivity index (χ1) is 12.4. The fourth-order valence-electron chi connectivity index (χ4n) is 2.31. The summed E-state index contributed by atoms with van der Waals surface area (Å²) >= 11 is 11.9. The molecule has 26 heavy (non-hydrogen) atoms. The van der Waals surface area contributed by atoms with Gasteiger partial charge in [0.25, 0.3) is 0 Å². The number of aromatic carboxylic acids is 1. The number of aromatic amines is 1. The summed E-state index contributed by atoms with van der Waals surface area (Å²) in [6.45, 7) is -1.03. The average Bonchev–Trinajstić information content (AvgIpc) is 2.96. The Hall–Kier alpha value is -2.58. The molecule has 0 aliphatic rings. The summed E-state index contributed by atoms with van der Waals surface area (Å²) in [6, 6.07) is 4.87. The largest absolute Gasteiger partial charge is 0.490 e. The van der Waals surface area contributed by atoms with E-state index in [1.165, 1.54) is 12.1 Å². The van der Waals surface area contributed by atoms with Crippen molar-refractivity contribution in [2.24, 2.45) is 0 Å². The second-order valence-electron chi connectivity index (χ2n) is 5.16. The van der Waals surface area contributed by atoms with Crippen LogP contribution in [0.3, 0.4) is 0 Å². The molecule has 3 aromatic rings. The Bertz CT molecular complexity index is 971. The number of H-pyrrole nitrogens is 1. The number of carboxylic acids is 1. The Kier molecular flexibility index (Phi) is 5.15. The van der Waals surface area contributed by atoms with E-state index in [1.807, 2.05) is 0 Å². The van der Waals surface area contributed by atoms with E-state index in [0.717, 1.165) is 12.1 Å². The Morgan fingerprint density at radius 2 is 1.96 bits per heavy atom. The Balaban J connectivity index is 2.00. The summed E-state index contributed by atoms with van der Waals surface area (Å²) in [6.07, 6.45) is 0. The first-order valence-electron chi connectivity index (χ1n) is 7.26. The van der Waals surface area contributed by atoms with Gasteiger partial charge in [-0.05, 0) is 18.2 Å². The normalized spacial score (nSPS) is 10.9. The number of imidazole rings is 1. The number of carbonyl (C=O) groups is 1. The molecule has 3 N–H and O–H groups in total.